The summed E-state index contributed by atoms with van der Waals surface area (Å²) in [6, 6.07) is 10.4. The Morgan fingerprint density at radius 3 is 2.21 bits per heavy atom. The summed E-state index contributed by atoms with van der Waals surface area (Å²) in [6.07, 6.45) is 1.11. The summed E-state index contributed by atoms with van der Waals surface area (Å²) in [5.74, 6) is -0.306. The van der Waals surface area contributed by atoms with Gasteiger partial charge in [-0.25, -0.2) is 0 Å². The summed E-state index contributed by atoms with van der Waals surface area (Å²) in [5, 5.41) is 9.32. The van der Waals surface area contributed by atoms with Gasteiger partial charge >= 0.3 is 6.18 Å². The number of aryl methyl sites for hydroxylation is 1. The first-order chi connectivity index (χ1) is 11.4. The molecule has 0 amide bonds. The highest BCUT2D eigenvalue weighted by molar-refractivity contribution is 5.43. The molecule has 2 aromatic rings. The average molecular weight is 338 g/mol. The molecule has 0 unspecified atom stereocenters. The lowest BCUT2D eigenvalue weighted by Crippen LogP contribution is -2.05. The number of rotatable bonds is 7. The zero-order valence-corrected chi connectivity index (χ0v) is 13.6. The van der Waals surface area contributed by atoms with Gasteiger partial charge in [-0.1, -0.05) is 38.3 Å². The number of hydrogen-bond acceptors (Lipinski definition) is 2. The third-order valence-electron chi connectivity index (χ3n) is 3.75. The first kappa shape index (κ1) is 18.2. The van der Waals surface area contributed by atoms with Gasteiger partial charge in [0, 0.05) is 0 Å². The number of benzene rings is 2. The van der Waals surface area contributed by atoms with Crippen LogP contribution in [0.25, 0.3) is 0 Å². The lowest BCUT2D eigenvalue weighted by atomic mass is 10.1. The van der Waals surface area contributed by atoms with Crippen LogP contribution in [0, 0.1) is 0 Å². The van der Waals surface area contributed by atoms with Crippen LogP contribution in [-0.4, -0.2) is 5.11 Å². The molecule has 0 aromatic heterocycles. The van der Waals surface area contributed by atoms with E-state index in [0.29, 0.717) is 5.75 Å². The van der Waals surface area contributed by atoms with Crippen LogP contribution in [-0.2, 0) is 12.6 Å². The molecule has 0 heterocycles. The van der Waals surface area contributed by atoms with Crippen molar-refractivity contribution in [3.05, 3.63) is 53.6 Å². The molecule has 0 spiro atoms. The summed E-state index contributed by atoms with van der Waals surface area (Å²) in [6.45, 7) is 2.17. The van der Waals surface area contributed by atoms with E-state index in [4.69, 9.17) is 4.74 Å². The second-order valence-electron chi connectivity index (χ2n) is 5.73. The van der Waals surface area contributed by atoms with Crippen molar-refractivity contribution in [3.63, 3.8) is 0 Å². The highest BCUT2D eigenvalue weighted by atomic mass is 19.4. The highest BCUT2D eigenvalue weighted by Crippen LogP contribution is 2.38. The third kappa shape index (κ3) is 5.18. The molecule has 2 rings (SSSR count). The number of phenolic OH excluding ortho intramolecular Hbond substituents is 1. The van der Waals surface area contributed by atoms with Crippen LogP contribution in [0.4, 0.5) is 13.2 Å². The minimum atomic E-state index is -4.62. The Bertz CT molecular complexity index is 649. The maximum absolute atomic E-state index is 12.8. The molecule has 0 radical (unpaired) electrons. The Labute approximate surface area is 139 Å². The molecule has 0 fully saturated rings. The summed E-state index contributed by atoms with van der Waals surface area (Å²) < 4.78 is 43.8. The predicted molar refractivity (Wildman–Crippen MR) is 87.5 cm³/mol. The number of hydrogen-bond donors (Lipinski definition) is 1. The van der Waals surface area contributed by atoms with Crippen LogP contribution in [0.5, 0.6) is 17.2 Å². The van der Waals surface area contributed by atoms with Crippen molar-refractivity contribution in [2.75, 3.05) is 0 Å². The smallest absolute Gasteiger partial charge is 0.420 e. The van der Waals surface area contributed by atoms with Gasteiger partial charge in [0.15, 0.2) is 0 Å². The molecule has 2 aromatic carbocycles. The third-order valence-corrected chi connectivity index (χ3v) is 3.75. The molecule has 0 aliphatic heterocycles. The Balaban J connectivity index is 2.01. The van der Waals surface area contributed by atoms with E-state index in [2.05, 4.69) is 6.92 Å². The first-order valence-corrected chi connectivity index (χ1v) is 8.07. The number of aromatic hydroxyl groups is 1. The molecule has 0 aliphatic rings. The zero-order valence-electron chi connectivity index (χ0n) is 13.6. The van der Waals surface area contributed by atoms with E-state index in [9.17, 15) is 18.3 Å². The van der Waals surface area contributed by atoms with Gasteiger partial charge in [-0.3, -0.25) is 0 Å². The van der Waals surface area contributed by atoms with Crippen LogP contribution in [0.3, 0.4) is 0 Å². The van der Waals surface area contributed by atoms with E-state index in [-0.39, 0.29) is 5.75 Å². The van der Waals surface area contributed by atoms with Crippen LogP contribution < -0.4 is 4.74 Å². The second kappa shape index (κ2) is 8.08. The molecule has 24 heavy (non-hydrogen) atoms. The number of phenols is 1. The Morgan fingerprint density at radius 1 is 0.917 bits per heavy atom. The van der Waals surface area contributed by atoms with Gasteiger partial charge < -0.3 is 9.84 Å². The van der Waals surface area contributed by atoms with Gasteiger partial charge in [-0.05, 0) is 48.7 Å². The van der Waals surface area contributed by atoms with Gasteiger partial charge in [0.2, 0.25) is 0 Å². The molecule has 2 nitrogen and oxygen atoms in total. The first-order valence-electron chi connectivity index (χ1n) is 8.07. The fraction of sp³-hybridized carbons (Fsp3) is 0.368. The van der Waals surface area contributed by atoms with Crippen molar-refractivity contribution in [2.24, 2.45) is 0 Å². The number of unbranched alkanes of at least 4 members (excludes halogenated alkanes) is 3. The molecular formula is C19H21F3O2. The van der Waals surface area contributed by atoms with Crippen molar-refractivity contribution in [2.45, 2.75) is 45.2 Å². The van der Waals surface area contributed by atoms with Gasteiger partial charge in [0.05, 0.1) is 0 Å². The lowest BCUT2D eigenvalue weighted by molar-refractivity contribution is -0.138. The Hall–Kier alpha value is -2.17. The van der Waals surface area contributed by atoms with E-state index >= 15 is 0 Å². The summed E-state index contributed by atoms with van der Waals surface area (Å²) in [5.41, 5.74) is 0.0766. The Morgan fingerprint density at radius 2 is 1.58 bits per heavy atom. The molecule has 130 valence electrons. The molecular weight excluding hydrogens is 317 g/mol. The Kier molecular flexibility index (Phi) is 6.12. The number of halogens is 3. The highest BCUT2D eigenvalue weighted by Gasteiger charge is 2.34. The summed E-state index contributed by atoms with van der Waals surface area (Å²) in [7, 11) is 0. The summed E-state index contributed by atoms with van der Waals surface area (Å²) >= 11 is 0. The zero-order chi connectivity index (χ0) is 17.6. The van der Waals surface area contributed by atoms with Crippen molar-refractivity contribution in [1.29, 1.82) is 0 Å². The SMILES string of the molecule is CCCCCCc1ccc(Oc2ccc(O)c(C(F)(F)F)c2)cc1. The molecule has 0 aliphatic carbocycles. The molecule has 0 saturated carbocycles. The minimum absolute atomic E-state index is 0.0378. The van der Waals surface area contributed by atoms with Crippen LogP contribution in [0.15, 0.2) is 42.5 Å². The number of ether oxygens (including phenoxy) is 1. The molecule has 0 saturated heterocycles. The molecule has 5 heteroatoms. The lowest BCUT2D eigenvalue weighted by Gasteiger charge is -2.12. The number of alkyl halides is 3. The fourth-order valence-electron chi connectivity index (χ4n) is 2.42. The van der Waals surface area contributed by atoms with Crippen molar-refractivity contribution >= 4 is 0 Å². The average Bonchev–Trinajstić information content (AvgIpc) is 2.54. The van der Waals surface area contributed by atoms with E-state index in [0.717, 1.165) is 25.0 Å². The second-order valence-corrected chi connectivity index (χ2v) is 5.73. The predicted octanol–water partition coefficient (Wildman–Crippen LogP) is 6.33. The van der Waals surface area contributed by atoms with Crippen molar-refractivity contribution < 1.29 is 23.0 Å². The summed E-state index contributed by atoms with van der Waals surface area (Å²) in [4.78, 5) is 0. The van der Waals surface area contributed by atoms with Gasteiger partial charge in [-0.2, -0.15) is 13.2 Å². The van der Waals surface area contributed by atoms with Crippen LogP contribution in [0.1, 0.15) is 43.7 Å². The van der Waals surface area contributed by atoms with E-state index in [1.165, 1.54) is 30.9 Å². The van der Waals surface area contributed by atoms with Crippen LogP contribution >= 0.6 is 0 Å². The van der Waals surface area contributed by atoms with Crippen molar-refractivity contribution in [1.82, 2.24) is 0 Å². The quantitative estimate of drug-likeness (QED) is 0.598. The maximum atomic E-state index is 12.8. The molecule has 1 N–H and O–H groups in total. The van der Waals surface area contributed by atoms with Gasteiger partial charge in [0.1, 0.15) is 22.8 Å². The minimum Gasteiger partial charge on any atom is -0.507 e. The van der Waals surface area contributed by atoms with E-state index in [1.807, 2.05) is 12.1 Å². The normalized spacial score (nSPS) is 11.5. The van der Waals surface area contributed by atoms with Crippen molar-refractivity contribution in [3.8, 4) is 17.2 Å². The van der Waals surface area contributed by atoms with Crippen LogP contribution in [0.2, 0.25) is 0 Å². The van der Waals surface area contributed by atoms with E-state index in [1.54, 1.807) is 12.1 Å². The van der Waals surface area contributed by atoms with Gasteiger partial charge in [0.25, 0.3) is 0 Å². The standard InChI is InChI=1S/C19H21F3O2/c1-2-3-4-5-6-14-7-9-15(10-8-14)24-16-11-12-18(23)17(13-16)19(20,21)22/h7-13,23H,2-6H2,1H3. The van der Waals surface area contributed by atoms with E-state index < -0.39 is 17.5 Å². The fourth-order valence-corrected chi connectivity index (χ4v) is 2.42. The topological polar surface area (TPSA) is 29.5 Å². The molecule has 0 bridgehead atoms. The van der Waals surface area contributed by atoms with Gasteiger partial charge in [-0.15, -0.1) is 0 Å². The maximum Gasteiger partial charge on any atom is 0.420 e. The monoisotopic (exact) mass is 338 g/mol. The largest absolute Gasteiger partial charge is 0.507 e. The molecule has 0 atom stereocenters.